The number of aliphatic hydroxyl groups excluding tert-OH is 1. The molecule has 2 aliphatic heterocycles. The average Bonchev–Trinajstić information content (AvgIpc) is 3.40. The van der Waals surface area contributed by atoms with Crippen LogP contribution < -0.4 is 4.74 Å². The fourth-order valence-corrected chi connectivity index (χ4v) is 4.95. The van der Waals surface area contributed by atoms with E-state index in [9.17, 15) is 14.7 Å². The Morgan fingerprint density at radius 3 is 2.65 bits per heavy atom. The van der Waals surface area contributed by atoms with Crippen molar-refractivity contribution >= 4 is 28.8 Å². The Morgan fingerprint density at radius 1 is 1.23 bits per heavy atom. The third-order valence-electron chi connectivity index (χ3n) is 5.80. The van der Waals surface area contributed by atoms with Crippen molar-refractivity contribution in [2.45, 2.75) is 13.0 Å². The Kier molecular flexibility index (Phi) is 6.41. The number of rotatable bonds is 6. The van der Waals surface area contributed by atoms with Gasteiger partial charge in [0.05, 0.1) is 31.9 Å². The van der Waals surface area contributed by atoms with E-state index in [0.717, 1.165) is 23.5 Å². The summed E-state index contributed by atoms with van der Waals surface area (Å²) in [7, 11) is 1.57. The van der Waals surface area contributed by atoms with Crippen molar-refractivity contribution < 1.29 is 24.2 Å². The molecule has 2 fully saturated rings. The lowest BCUT2D eigenvalue weighted by molar-refractivity contribution is -0.140. The molecule has 1 atom stereocenters. The van der Waals surface area contributed by atoms with E-state index in [1.807, 2.05) is 24.4 Å². The summed E-state index contributed by atoms with van der Waals surface area (Å²) in [6.45, 7) is 5.85. The summed E-state index contributed by atoms with van der Waals surface area (Å²) in [6.07, 6.45) is 0. The Morgan fingerprint density at radius 2 is 2.00 bits per heavy atom. The predicted molar refractivity (Wildman–Crippen MR) is 118 cm³/mol. The molecule has 164 valence electrons. The number of morpholine rings is 1. The average molecular weight is 443 g/mol. The summed E-state index contributed by atoms with van der Waals surface area (Å²) in [4.78, 5) is 30.7. The molecule has 4 rings (SSSR count). The van der Waals surface area contributed by atoms with Crippen molar-refractivity contribution in [3.05, 3.63) is 57.3 Å². The summed E-state index contributed by atoms with van der Waals surface area (Å²) in [6, 6.07) is 8.44. The number of hydrogen-bond acceptors (Lipinski definition) is 7. The molecule has 1 aromatic carbocycles. The number of carbonyl (C=O) groups excluding carboxylic acids is 2. The molecular formula is C23H26N2O5S. The lowest BCUT2D eigenvalue weighted by atomic mass is 9.97. The van der Waals surface area contributed by atoms with Crippen LogP contribution >= 0.6 is 11.3 Å². The lowest BCUT2D eigenvalue weighted by Crippen LogP contribution is -2.42. The Labute approximate surface area is 185 Å². The van der Waals surface area contributed by atoms with Crippen LogP contribution in [-0.4, -0.2) is 73.1 Å². The summed E-state index contributed by atoms with van der Waals surface area (Å²) >= 11 is 1.47. The third-order valence-corrected chi connectivity index (χ3v) is 6.73. The van der Waals surface area contributed by atoms with Crippen molar-refractivity contribution in [1.29, 1.82) is 0 Å². The summed E-state index contributed by atoms with van der Waals surface area (Å²) in [5, 5.41) is 13.1. The molecule has 7 nitrogen and oxygen atoms in total. The molecule has 0 unspecified atom stereocenters. The Hall–Kier alpha value is -2.68. The second-order valence-corrected chi connectivity index (χ2v) is 8.62. The fourth-order valence-electron chi connectivity index (χ4n) is 4.10. The van der Waals surface area contributed by atoms with Crippen LogP contribution in [0.5, 0.6) is 5.75 Å². The molecule has 2 aromatic rings. The number of benzene rings is 1. The highest BCUT2D eigenvalue weighted by atomic mass is 32.1. The van der Waals surface area contributed by atoms with Gasteiger partial charge in [0.1, 0.15) is 11.5 Å². The zero-order valence-corrected chi connectivity index (χ0v) is 18.5. The maximum absolute atomic E-state index is 13.1. The van der Waals surface area contributed by atoms with E-state index in [4.69, 9.17) is 9.47 Å². The van der Waals surface area contributed by atoms with Gasteiger partial charge in [0.2, 0.25) is 0 Å². The van der Waals surface area contributed by atoms with Gasteiger partial charge in [-0.05, 0) is 42.1 Å². The topological polar surface area (TPSA) is 79.3 Å². The maximum atomic E-state index is 13.1. The van der Waals surface area contributed by atoms with Gasteiger partial charge >= 0.3 is 0 Å². The minimum absolute atomic E-state index is 0.141. The van der Waals surface area contributed by atoms with Gasteiger partial charge in [-0.2, -0.15) is 0 Å². The minimum atomic E-state index is -0.645. The molecule has 3 heterocycles. The van der Waals surface area contributed by atoms with Crippen LogP contribution in [0.3, 0.4) is 0 Å². The number of Topliss-reactive ketones (excluding diaryl/α,β-unsaturated/α-hetero) is 1. The normalized spacial score (nSPS) is 21.6. The molecule has 0 radical (unpaired) electrons. The van der Waals surface area contributed by atoms with Crippen molar-refractivity contribution in [3.63, 3.8) is 0 Å². The van der Waals surface area contributed by atoms with Crippen LogP contribution in [0.15, 0.2) is 41.3 Å². The third kappa shape index (κ3) is 4.23. The molecule has 1 aromatic heterocycles. The smallest absolute Gasteiger partial charge is 0.295 e. The molecule has 31 heavy (non-hydrogen) atoms. The number of methoxy groups -OCH3 is 1. The van der Waals surface area contributed by atoms with Crippen molar-refractivity contribution in [1.82, 2.24) is 9.80 Å². The number of ether oxygens (including phenoxy) is 2. The highest BCUT2D eigenvalue weighted by Gasteiger charge is 2.46. The number of nitrogens with zero attached hydrogens (tertiary/aromatic N) is 2. The summed E-state index contributed by atoms with van der Waals surface area (Å²) in [5.41, 5.74) is 1.43. The van der Waals surface area contributed by atoms with E-state index in [0.29, 0.717) is 37.6 Å². The standard InChI is InChI=1S/C23H26N2O5S/c1-15-14-16(29-2)5-6-17(15)21(26)19-20(18-4-3-13-31-18)25(23(28)22(19)27)8-7-24-9-11-30-12-10-24/h3-6,13-14,20,26H,7-12H2,1-2H3/b21-19+/t20-/m1/s1. The van der Waals surface area contributed by atoms with Crippen molar-refractivity contribution in [3.8, 4) is 5.75 Å². The van der Waals surface area contributed by atoms with Crippen molar-refractivity contribution in [2.24, 2.45) is 0 Å². The molecule has 8 heteroatoms. The number of aliphatic hydroxyl groups is 1. The van der Waals surface area contributed by atoms with E-state index in [2.05, 4.69) is 4.90 Å². The Balaban J connectivity index is 1.71. The molecule has 0 spiro atoms. The SMILES string of the molecule is COc1ccc(/C(O)=C2\C(=O)C(=O)N(CCN3CCOCC3)[C@@H]2c2cccs2)c(C)c1. The fraction of sp³-hybridized carbons (Fsp3) is 0.391. The molecule has 1 amide bonds. The van der Waals surface area contributed by atoms with E-state index >= 15 is 0 Å². The van der Waals surface area contributed by atoms with E-state index in [1.165, 1.54) is 11.3 Å². The molecule has 1 N–H and O–H groups in total. The molecule has 2 saturated heterocycles. The number of carbonyl (C=O) groups is 2. The predicted octanol–water partition coefficient (Wildman–Crippen LogP) is 2.82. The second kappa shape index (κ2) is 9.21. The van der Waals surface area contributed by atoms with Gasteiger partial charge < -0.3 is 19.5 Å². The summed E-state index contributed by atoms with van der Waals surface area (Å²) < 4.78 is 10.6. The van der Waals surface area contributed by atoms with Crippen LogP contribution in [0.4, 0.5) is 0 Å². The first-order chi connectivity index (χ1) is 15.0. The van der Waals surface area contributed by atoms with Gasteiger partial charge in [0.15, 0.2) is 0 Å². The largest absolute Gasteiger partial charge is 0.507 e. The number of amides is 1. The maximum Gasteiger partial charge on any atom is 0.295 e. The molecule has 2 aliphatic rings. The van der Waals surface area contributed by atoms with Crippen LogP contribution in [0, 0.1) is 6.92 Å². The van der Waals surface area contributed by atoms with Crippen LogP contribution in [0.1, 0.15) is 22.0 Å². The molecular weight excluding hydrogens is 416 g/mol. The first-order valence-corrected chi connectivity index (χ1v) is 11.2. The molecule has 0 aliphatic carbocycles. The van der Waals surface area contributed by atoms with Crippen LogP contribution in [-0.2, 0) is 14.3 Å². The zero-order valence-electron chi connectivity index (χ0n) is 17.7. The second-order valence-electron chi connectivity index (χ2n) is 7.64. The van der Waals surface area contributed by atoms with Crippen LogP contribution in [0.25, 0.3) is 5.76 Å². The minimum Gasteiger partial charge on any atom is -0.507 e. The quantitative estimate of drug-likeness (QED) is 0.421. The number of thiophene rings is 1. The number of likely N-dealkylation sites (tertiary alicyclic amines) is 1. The van der Waals surface area contributed by atoms with Gasteiger partial charge in [0, 0.05) is 36.6 Å². The number of aryl methyl sites for hydroxylation is 1. The van der Waals surface area contributed by atoms with E-state index in [1.54, 1.807) is 30.2 Å². The zero-order chi connectivity index (χ0) is 22.0. The van der Waals surface area contributed by atoms with Gasteiger partial charge in [-0.3, -0.25) is 14.5 Å². The number of ketones is 1. The van der Waals surface area contributed by atoms with E-state index < -0.39 is 17.7 Å². The van der Waals surface area contributed by atoms with Gasteiger partial charge in [-0.15, -0.1) is 11.3 Å². The lowest BCUT2D eigenvalue weighted by Gasteiger charge is -2.30. The van der Waals surface area contributed by atoms with Gasteiger partial charge in [-0.1, -0.05) is 6.07 Å². The first-order valence-electron chi connectivity index (χ1n) is 10.3. The molecule has 0 bridgehead atoms. The highest BCUT2D eigenvalue weighted by Crippen LogP contribution is 2.41. The number of hydrogen-bond donors (Lipinski definition) is 1. The van der Waals surface area contributed by atoms with Gasteiger partial charge in [0.25, 0.3) is 11.7 Å². The Bertz CT molecular complexity index is 995. The highest BCUT2D eigenvalue weighted by molar-refractivity contribution is 7.10. The van der Waals surface area contributed by atoms with Crippen molar-refractivity contribution in [2.75, 3.05) is 46.5 Å². The molecule has 0 saturated carbocycles. The van der Waals surface area contributed by atoms with Gasteiger partial charge in [-0.25, -0.2) is 0 Å². The monoisotopic (exact) mass is 442 g/mol. The van der Waals surface area contributed by atoms with E-state index in [-0.39, 0.29) is 11.3 Å². The summed E-state index contributed by atoms with van der Waals surface area (Å²) in [5.74, 6) is -0.701. The van der Waals surface area contributed by atoms with Crippen LogP contribution in [0.2, 0.25) is 0 Å². The first kappa shape index (κ1) is 21.5.